The van der Waals surface area contributed by atoms with E-state index in [1.807, 2.05) is 12.1 Å². The van der Waals surface area contributed by atoms with E-state index in [1.54, 1.807) is 18.2 Å². The van der Waals surface area contributed by atoms with Gasteiger partial charge >= 0.3 is 0 Å². The number of ether oxygens (including phenoxy) is 1. The molecule has 2 nitrogen and oxygen atoms in total. The molecule has 0 saturated carbocycles. The normalized spacial score (nSPS) is 9.00. The third-order valence-electron chi connectivity index (χ3n) is 1.34. The first-order chi connectivity index (χ1) is 5.88. The summed E-state index contributed by atoms with van der Waals surface area (Å²) in [5, 5.41) is 8.65. The summed E-state index contributed by atoms with van der Waals surface area (Å²) >= 11 is 5.44. The van der Waals surface area contributed by atoms with Crippen molar-refractivity contribution in [2.45, 2.75) is 0 Å². The molecule has 0 saturated heterocycles. The zero-order valence-electron chi connectivity index (χ0n) is 6.46. The van der Waals surface area contributed by atoms with E-state index in [0.29, 0.717) is 23.8 Å². The number of alkyl halides is 1. The molecule has 0 fully saturated rings. The molecule has 1 aromatic carbocycles. The average Bonchev–Trinajstić information content (AvgIpc) is 2.15. The minimum atomic E-state index is 0.430. The van der Waals surface area contributed by atoms with Gasteiger partial charge in [0.25, 0.3) is 0 Å². The number of rotatable bonds is 3. The third-order valence-corrected chi connectivity index (χ3v) is 1.50. The number of hydrogen-bond acceptors (Lipinski definition) is 2. The van der Waals surface area contributed by atoms with Gasteiger partial charge in [-0.05, 0) is 12.1 Å². The molecule has 0 unspecified atom stereocenters. The topological polar surface area (TPSA) is 33.0 Å². The summed E-state index contributed by atoms with van der Waals surface area (Å²) in [6.07, 6.45) is 0. The molecular formula is C9H8ClNO. The number of hydrogen-bond donors (Lipinski definition) is 0. The van der Waals surface area contributed by atoms with Crippen LogP contribution in [-0.4, -0.2) is 12.5 Å². The number of para-hydroxylation sites is 1. The average molecular weight is 182 g/mol. The van der Waals surface area contributed by atoms with Gasteiger partial charge in [-0.1, -0.05) is 12.1 Å². The maximum absolute atomic E-state index is 8.65. The lowest BCUT2D eigenvalue weighted by molar-refractivity contribution is 0.342. The summed E-state index contributed by atoms with van der Waals surface area (Å²) in [7, 11) is 0. The van der Waals surface area contributed by atoms with Crippen molar-refractivity contribution in [2.75, 3.05) is 12.5 Å². The Balaban J connectivity index is 2.77. The van der Waals surface area contributed by atoms with E-state index >= 15 is 0 Å². The summed E-state index contributed by atoms with van der Waals surface area (Å²) < 4.78 is 5.22. The highest BCUT2D eigenvalue weighted by Gasteiger charge is 1.99. The minimum absolute atomic E-state index is 0.430. The quantitative estimate of drug-likeness (QED) is 0.670. The highest BCUT2D eigenvalue weighted by atomic mass is 35.5. The van der Waals surface area contributed by atoms with Crippen LogP contribution in [0.4, 0.5) is 0 Å². The van der Waals surface area contributed by atoms with Gasteiger partial charge in [-0.3, -0.25) is 0 Å². The van der Waals surface area contributed by atoms with Gasteiger partial charge in [0.2, 0.25) is 0 Å². The number of benzene rings is 1. The van der Waals surface area contributed by atoms with Crippen molar-refractivity contribution in [3.8, 4) is 11.8 Å². The van der Waals surface area contributed by atoms with E-state index in [0.717, 1.165) is 0 Å². The van der Waals surface area contributed by atoms with Crippen LogP contribution in [0.2, 0.25) is 0 Å². The molecule has 62 valence electrons. The highest BCUT2D eigenvalue weighted by molar-refractivity contribution is 6.18. The molecule has 0 spiro atoms. The molecular weight excluding hydrogens is 174 g/mol. The zero-order chi connectivity index (χ0) is 8.81. The molecule has 0 bridgehead atoms. The van der Waals surface area contributed by atoms with Crippen LogP contribution < -0.4 is 4.74 Å². The molecule has 0 aromatic heterocycles. The molecule has 0 heterocycles. The van der Waals surface area contributed by atoms with E-state index in [9.17, 15) is 0 Å². The van der Waals surface area contributed by atoms with Crippen molar-refractivity contribution in [1.29, 1.82) is 5.26 Å². The Hall–Kier alpha value is -1.20. The Labute approximate surface area is 76.3 Å². The van der Waals surface area contributed by atoms with Crippen molar-refractivity contribution >= 4 is 11.6 Å². The molecule has 1 aromatic rings. The molecule has 0 atom stereocenters. The van der Waals surface area contributed by atoms with E-state index in [4.69, 9.17) is 21.6 Å². The lowest BCUT2D eigenvalue weighted by Gasteiger charge is -2.04. The molecule has 0 aliphatic rings. The summed E-state index contributed by atoms with van der Waals surface area (Å²) in [6, 6.07) is 9.12. The monoisotopic (exact) mass is 181 g/mol. The fourth-order valence-corrected chi connectivity index (χ4v) is 0.911. The van der Waals surface area contributed by atoms with Gasteiger partial charge in [-0.2, -0.15) is 5.26 Å². The van der Waals surface area contributed by atoms with Crippen molar-refractivity contribution in [3.05, 3.63) is 29.8 Å². The van der Waals surface area contributed by atoms with Crippen LogP contribution in [0.3, 0.4) is 0 Å². The zero-order valence-corrected chi connectivity index (χ0v) is 7.21. The number of nitrogens with zero attached hydrogens (tertiary/aromatic N) is 1. The van der Waals surface area contributed by atoms with E-state index in [1.165, 1.54) is 0 Å². The van der Waals surface area contributed by atoms with Crippen LogP contribution >= 0.6 is 11.6 Å². The van der Waals surface area contributed by atoms with Crippen molar-refractivity contribution in [2.24, 2.45) is 0 Å². The number of halogens is 1. The van der Waals surface area contributed by atoms with Crippen LogP contribution in [-0.2, 0) is 0 Å². The van der Waals surface area contributed by atoms with E-state index < -0.39 is 0 Å². The Kier molecular flexibility index (Phi) is 3.43. The third kappa shape index (κ3) is 2.14. The lowest BCUT2D eigenvalue weighted by Crippen LogP contribution is -1.99. The first-order valence-corrected chi connectivity index (χ1v) is 4.10. The van der Waals surface area contributed by atoms with Crippen LogP contribution in [0.1, 0.15) is 5.56 Å². The van der Waals surface area contributed by atoms with Crippen molar-refractivity contribution in [3.63, 3.8) is 0 Å². The second kappa shape index (κ2) is 4.63. The lowest BCUT2D eigenvalue weighted by atomic mass is 10.2. The fourth-order valence-electron chi connectivity index (χ4n) is 0.833. The van der Waals surface area contributed by atoms with E-state index in [-0.39, 0.29) is 0 Å². The van der Waals surface area contributed by atoms with Crippen LogP contribution in [0.15, 0.2) is 24.3 Å². The van der Waals surface area contributed by atoms with Crippen molar-refractivity contribution in [1.82, 2.24) is 0 Å². The first-order valence-electron chi connectivity index (χ1n) is 3.56. The fraction of sp³-hybridized carbons (Fsp3) is 0.222. The first kappa shape index (κ1) is 8.89. The molecule has 0 amide bonds. The van der Waals surface area contributed by atoms with Crippen LogP contribution in [0.5, 0.6) is 5.75 Å². The predicted octanol–water partition coefficient (Wildman–Crippen LogP) is 2.18. The molecule has 0 aliphatic carbocycles. The largest absolute Gasteiger partial charge is 0.491 e. The minimum Gasteiger partial charge on any atom is -0.491 e. The standard InChI is InChI=1S/C9H8ClNO/c10-5-6-12-9-4-2-1-3-8(9)7-11/h1-4H,5-6H2. The maximum atomic E-state index is 8.65. The Morgan fingerprint density at radius 3 is 2.83 bits per heavy atom. The molecule has 1 rings (SSSR count). The summed E-state index contributed by atoms with van der Waals surface area (Å²) in [5.74, 6) is 1.03. The van der Waals surface area contributed by atoms with Crippen molar-refractivity contribution < 1.29 is 4.74 Å². The smallest absolute Gasteiger partial charge is 0.137 e. The number of nitriles is 1. The van der Waals surface area contributed by atoms with Gasteiger partial charge in [0, 0.05) is 0 Å². The Morgan fingerprint density at radius 2 is 2.17 bits per heavy atom. The van der Waals surface area contributed by atoms with Crippen LogP contribution in [0, 0.1) is 11.3 Å². The van der Waals surface area contributed by atoms with E-state index in [2.05, 4.69) is 0 Å². The Morgan fingerprint density at radius 1 is 1.42 bits per heavy atom. The Bertz CT molecular complexity index is 293. The van der Waals surface area contributed by atoms with Gasteiger partial charge < -0.3 is 4.74 Å². The summed E-state index contributed by atoms with van der Waals surface area (Å²) in [4.78, 5) is 0. The van der Waals surface area contributed by atoms with Gasteiger partial charge in [0.15, 0.2) is 0 Å². The van der Waals surface area contributed by atoms with Gasteiger partial charge in [-0.25, -0.2) is 0 Å². The molecule has 0 N–H and O–H groups in total. The van der Waals surface area contributed by atoms with Gasteiger partial charge in [0.1, 0.15) is 18.4 Å². The molecule has 0 radical (unpaired) electrons. The summed E-state index contributed by atoms with van der Waals surface area (Å²) in [5.41, 5.74) is 0.544. The molecule has 0 aliphatic heterocycles. The molecule has 3 heteroatoms. The second-order valence-electron chi connectivity index (χ2n) is 2.15. The summed E-state index contributed by atoms with van der Waals surface area (Å²) in [6.45, 7) is 0.431. The SMILES string of the molecule is N#Cc1ccccc1OCCCl. The maximum Gasteiger partial charge on any atom is 0.137 e. The van der Waals surface area contributed by atoms with Crippen LogP contribution in [0.25, 0.3) is 0 Å². The highest BCUT2D eigenvalue weighted by Crippen LogP contribution is 2.16. The predicted molar refractivity (Wildman–Crippen MR) is 47.4 cm³/mol. The molecule has 12 heavy (non-hydrogen) atoms. The van der Waals surface area contributed by atoms with Gasteiger partial charge in [-0.15, -0.1) is 11.6 Å². The second-order valence-corrected chi connectivity index (χ2v) is 2.52. The van der Waals surface area contributed by atoms with Gasteiger partial charge in [0.05, 0.1) is 11.4 Å².